The molecule has 0 bridgehead atoms. The van der Waals surface area contributed by atoms with Gasteiger partial charge in [0.25, 0.3) is 0 Å². The summed E-state index contributed by atoms with van der Waals surface area (Å²) < 4.78 is 0. The molecule has 0 aliphatic heterocycles. The second-order valence-electron chi connectivity index (χ2n) is 4.38. The molecular formula is C15H16N2OS. The Bertz CT molecular complexity index is 605. The maximum atomic E-state index is 11.8. The third-order valence-electron chi connectivity index (χ3n) is 2.92. The Morgan fingerprint density at radius 1 is 1.16 bits per heavy atom. The van der Waals surface area contributed by atoms with E-state index >= 15 is 0 Å². The molecule has 0 unspecified atom stereocenters. The van der Waals surface area contributed by atoms with Crippen LogP contribution < -0.4 is 11.1 Å². The van der Waals surface area contributed by atoms with Crippen molar-refractivity contribution in [1.82, 2.24) is 5.32 Å². The van der Waals surface area contributed by atoms with Crippen LogP contribution in [0.3, 0.4) is 0 Å². The van der Waals surface area contributed by atoms with Crippen LogP contribution in [0.15, 0.2) is 42.5 Å². The van der Waals surface area contributed by atoms with Gasteiger partial charge < -0.3 is 11.1 Å². The first-order chi connectivity index (χ1) is 9.16. The molecule has 0 aliphatic rings. The molecule has 0 aliphatic carbocycles. The fourth-order valence-electron chi connectivity index (χ4n) is 2.01. The van der Waals surface area contributed by atoms with Crippen LogP contribution in [0.25, 0.3) is 10.8 Å². The van der Waals surface area contributed by atoms with Crippen LogP contribution in [0.4, 0.5) is 0 Å². The SMILES string of the molecule is NC(=S)CCNC(=O)Cc1cccc2ccccc12. The lowest BCUT2D eigenvalue weighted by Crippen LogP contribution is -2.28. The van der Waals surface area contributed by atoms with Gasteiger partial charge in [0.1, 0.15) is 0 Å². The molecule has 2 aromatic rings. The molecule has 0 radical (unpaired) electrons. The van der Waals surface area contributed by atoms with Crippen LogP contribution in [-0.2, 0) is 11.2 Å². The van der Waals surface area contributed by atoms with Crippen molar-refractivity contribution in [3.8, 4) is 0 Å². The van der Waals surface area contributed by atoms with Crippen molar-refractivity contribution in [2.24, 2.45) is 5.73 Å². The predicted octanol–water partition coefficient (Wildman–Crippen LogP) is 2.17. The minimum Gasteiger partial charge on any atom is -0.393 e. The number of nitrogens with one attached hydrogen (secondary N) is 1. The van der Waals surface area contributed by atoms with Crippen molar-refractivity contribution in [3.05, 3.63) is 48.0 Å². The molecule has 4 heteroatoms. The minimum atomic E-state index is -0.00685. The Hall–Kier alpha value is -1.94. The number of fused-ring (bicyclic) bond motifs is 1. The third-order valence-corrected chi connectivity index (χ3v) is 3.13. The van der Waals surface area contributed by atoms with Gasteiger partial charge in [-0.1, -0.05) is 54.7 Å². The van der Waals surface area contributed by atoms with Crippen LogP contribution in [0, 0.1) is 0 Å². The second kappa shape index (κ2) is 6.29. The molecule has 1 amide bonds. The van der Waals surface area contributed by atoms with E-state index in [1.54, 1.807) is 0 Å². The van der Waals surface area contributed by atoms with E-state index in [4.69, 9.17) is 18.0 Å². The summed E-state index contributed by atoms with van der Waals surface area (Å²) in [7, 11) is 0. The lowest BCUT2D eigenvalue weighted by molar-refractivity contribution is -0.120. The first kappa shape index (κ1) is 13.5. The summed E-state index contributed by atoms with van der Waals surface area (Å²) in [6, 6.07) is 14.1. The third kappa shape index (κ3) is 3.76. The van der Waals surface area contributed by atoms with Crippen LogP contribution in [0.5, 0.6) is 0 Å². The van der Waals surface area contributed by atoms with E-state index in [0.717, 1.165) is 16.3 Å². The van der Waals surface area contributed by atoms with Gasteiger partial charge in [0.05, 0.1) is 11.4 Å². The molecule has 2 aromatic carbocycles. The number of hydrogen-bond donors (Lipinski definition) is 2. The smallest absolute Gasteiger partial charge is 0.224 e. The molecule has 0 fully saturated rings. The van der Waals surface area contributed by atoms with Gasteiger partial charge in [-0.25, -0.2) is 0 Å². The number of carbonyl (C=O) groups is 1. The van der Waals surface area contributed by atoms with Gasteiger partial charge in [-0.15, -0.1) is 0 Å². The summed E-state index contributed by atoms with van der Waals surface area (Å²) in [6.45, 7) is 0.499. The lowest BCUT2D eigenvalue weighted by Gasteiger charge is -2.07. The molecule has 0 atom stereocenters. The van der Waals surface area contributed by atoms with E-state index in [1.165, 1.54) is 0 Å². The zero-order valence-corrected chi connectivity index (χ0v) is 11.4. The van der Waals surface area contributed by atoms with E-state index in [1.807, 2.05) is 42.5 Å². The fourth-order valence-corrected chi connectivity index (χ4v) is 2.11. The van der Waals surface area contributed by atoms with Crippen LogP contribution in [0.1, 0.15) is 12.0 Å². The number of carbonyl (C=O) groups excluding carboxylic acids is 1. The predicted molar refractivity (Wildman–Crippen MR) is 82.1 cm³/mol. The number of rotatable bonds is 5. The van der Waals surface area contributed by atoms with E-state index < -0.39 is 0 Å². The number of benzene rings is 2. The number of hydrogen-bond acceptors (Lipinski definition) is 2. The summed E-state index contributed by atoms with van der Waals surface area (Å²) in [5, 5.41) is 5.09. The van der Waals surface area contributed by atoms with Gasteiger partial charge in [0.2, 0.25) is 5.91 Å². The standard InChI is InChI=1S/C15H16N2OS/c16-14(19)8-9-17-15(18)10-12-6-3-5-11-4-1-2-7-13(11)12/h1-7H,8-10H2,(H2,16,19)(H,17,18). The quantitative estimate of drug-likeness (QED) is 0.820. The topological polar surface area (TPSA) is 55.1 Å². The summed E-state index contributed by atoms with van der Waals surface area (Å²) >= 11 is 4.77. The average molecular weight is 272 g/mol. The molecular weight excluding hydrogens is 256 g/mol. The summed E-state index contributed by atoms with van der Waals surface area (Å²) in [5.41, 5.74) is 6.42. The highest BCUT2D eigenvalue weighted by atomic mass is 32.1. The normalized spacial score (nSPS) is 10.3. The Balaban J connectivity index is 2.05. The molecule has 0 aromatic heterocycles. The molecule has 98 valence electrons. The molecule has 3 nitrogen and oxygen atoms in total. The molecule has 0 saturated carbocycles. The van der Waals surface area contributed by atoms with Gasteiger partial charge in [0.15, 0.2) is 0 Å². The first-order valence-electron chi connectivity index (χ1n) is 6.18. The number of nitrogens with two attached hydrogens (primary N) is 1. The number of amides is 1. The van der Waals surface area contributed by atoms with Gasteiger partial charge in [0, 0.05) is 13.0 Å². The molecule has 19 heavy (non-hydrogen) atoms. The van der Waals surface area contributed by atoms with Crippen LogP contribution in [0.2, 0.25) is 0 Å². The maximum Gasteiger partial charge on any atom is 0.224 e. The number of thiocarbonyl (C=S) groups is 1. The van der Waals surface area contributed by atoms with Crippen molar-refractivity contribution >= 4 is 33.9 Å². The molecule has 2 rings (SSSR count). The molecule has 3 N–H and O–H groups in total. The van der Waals surface area contributed by atoms with Crippen molar-refractivity contribution in [2.75, 3.05) is 6.54 Å². The Kier molecular flexibility index (Phi) is 4.47. The first-order valence-corrected chi connectivity index (χ1v) is 6.59. The zero-order valence-electron chi connectivity index (χ0n) is 10.6. The highest BCUT2D eigenvalue weighted by molar-refractivity contribution is 7.80. The Morgan fingerprint density at radius 3 is 2.68 bits per heavy atom. The van der Waals surface area contributed by atoms with Crippen molar-refractivity contribution in [2.45, 2.75) is 12.8 Å². The lowest BCUT2D eigenvalue weighted by atomic mass is 10.0. The Labute approximate surface area is 117 Å². The summed E-state index contributed by atoms with van der Waals surface area (Å²) in [6.07, 6.45) is 0.912. The van der Waals surface area contributed by atoms with Gasteiger partial charge in [-0.3, -0.25) is 4.79 Å². The molecule has 0 saturated heterocycles. The minimum absolute atomic E-state index is 0.00685. The largest absolute Gasteiger partial charge is 0.393 e. The Morgan fingerprint density at radius 2 is 1.89 bits per heavy atom. The van der Waals surface area contributed by atoms with Gasteiger partial charge in [-0.05, 0) is 16.3 Å². The molecule has 0 spiro atoms. The maximum absolute atomic E-state index is 11.8. The van der Waals surface area contributed by atoms with Crippen molar-refractivity contribution in [3.63, 3.8) is 0 Å². The van der Waals surface area contributed by atoms with E-state index in [-0.39, 0.29) is 5.91 Å². The van der Waals surface area contributed by atoms with E-state index in [9.17, 15) is 4.79 Å². The van der Waals surface area contributed by atoms with Gasteiger partial charge >= 0.3 is 0 Å². The highest BCUT2D eigenvalue weighted by Gasteiger charge is 2.06. The van der Waals surface area contributed by atoms with E-state index in [0.29, 0.717) is 24.4 Å². The monoisotopic (exact) mass is 272 g/mol. The van der Waals surface area contributed by atoms with Crippen LogP contribution in [-0.4, -0.2) is 17.4 Å². The zero-order chi connectivity index (χ0) is 13.7. The second-order valence-corrected chi connectivity index (χ2v) is 4.91. The summed E-state index contributed by atoms with van der Waals surface area (Å²) in [5.74, 6) is -0.00685. The van der Waals surface area contributed by atoms with Crippen LogP contribution >= 0.6 is 12.2 Å². The van der Waals surface area contributed by atoms with E-state index in [2.05, 4.69) is 5.32 Å². The fraction of sp³-hybridized carbons (Fsp3) is 0.200. The van der Waals surface area contributed by atoms with Crippen molar-refractivity contribution < 1.29 is 4.79 Å². The summed E-state index contributed by atoms with van der Waals surface area (Å²) in [4.78, 5) is 12.3. The van der Waals surface area contributed by atoms with Crippen molar-refractivity contribution in [1.29, 1.82) is 0 Å². The van der Waals surface area contributed by atoms with Gasteiger partial charge in [-0.2, -0.15) is 0 Å². The molecule has 0 heterocycles. The average Bonchev–Trinajstić information content (AvgIpc) is 2.39. The highest BCUT2D eigenvalue weighted by Crippen LogP contribution is 2.18.